The third kappa shape index (κ3) is 2.81. The molecule has 0 fully saturated rings. The number of imidazole rings is 1. The van der Waals surface area contributed by atoms with Crippen LogP contribution in [-0.2, 0) is 13.2 Å². The monoisotopic (exact) mass is 258 g/mol. The minimum Gasteiger partial charge on any atom is -0.388 e. The second-order valence-electron chi connectivity index (χ2n) is 4.05. The molecule has 0 saturated heterocycles. The second-order valence-corrected chi connectivity index (χ2v) is 4.05. The molecule has 0 unspecified atom stereocenters. The number of para-hydroxylation sites is 2. The lowest BCUT2D eigenvalue weighted by atomic mass is 10.3. The van der Waals surface area contributed by atoms with Gasteiger partial charge in [-0.05, 0) is 18.6 Å². The van der Waals surface area contributed by atoms with Crippen molar-refractivity contribution in [3.8, 4) is 0 Å². The first-order valence-electron chi connectivity index (χ1n) is 5.63. The van der Waals surface area contributed by atoms with Crippen LogP contribution in [0.1, 0.15) is 18.7 Å². The highest BCUT2D eigenvalue weighted by Crippen LogP contribution is 2.23. The lowest BCUT2D eigenvalue weighted by Gasteiger charge is -2.09. The number of aliphatic hydroxyl groups excluding tert-OH is 1. The summed E-state index contributed by atoms with van der Waals surface area (Å²) in [5.74, 6) is 0.401. The molecule has 6 heteroatoms. The summed E-state index contributed by atoms with van der Waals surface area (Å²) in [6, 6.07) is 7.16. The summed E-state index contributed by atoms with van der Waals surface area (Å²) < 4.78 is 38.0. The summed E-state index contributed by atoms with van der Waals surface area (Å²) in [5, 5.41) is 9.17. The first-order valence-corrected chi connectivity index (χ1v) is 5.63. The molecular formula is C12H13F3N2O. The van der Waals surface area contributed by atoms with E-state index in [1.54, 1.807) is 28.8 Å². The van der Waals surface area contributed by atoms with Gasteiger partial charge in [0.2, 0.25) is 0 Å². The Balaban J connectivity index is 2.20. The Kier molecular flexibility index (Phi) is 3.56. The number of rotatable bonds is 4. The van der Waals surface area contributed by atoms with Crippen LogP contribution in [0.2, 0.25) is 0 Å². The van der Waals surface area contributed by atoms with Crippen LogP contribution in [0, 0.1) is 0 Å². The highest BCUT2D eigenvalue weighted by Gasteiger charge is 2.26. The number of hydrogen-bond acceptors (Lipinski definition) is 2. The Hall–Kier alpha value is -1.56. The van der Waals surface area contributed by atoms with Crippen LogP contribution in [0.15, 0.2) is 24.3 Å². The number of hydrogen-bond donors (Lipinski definition) is 1. The van der Waals surface area contributed by atoms with E-state index in [1.807, 2.05) is 0 Å². The molecular weight excluding hydrogens is 245 g/mol. The molecule has 1 N–H and O–H groups in total. The van der Waals surface area contributed by atoms with Gasteiger partial charge in [-0.15, -0.1) is 0 Å². The van der Waals surface area contributed by atoms with Crippen LogP contribution < -0.4 is 0 Å². The van der Waals surface area contributed by atoms with E-state index < -0.39 is 12.6 Å². The number of alkyl halides is 3. The molecule has 1 heterocycles. The Morgan fingerprint density at radius 3 is 2.61 bits per heavy atom. The highest BCUT2D eigenvalue weighted by molar-refractivity contribution is 5.75. The van der Waals surface area contributed by atoms with Crippen molar-refractivity contribution >= 4 is 11.0 Å². The lowest BCUT2D eigenvalue weighted by molar-refractivity contribution is -0.135. The Labute approximate surface area is 102 Å². The summed E-state index contributed by atoms with van der Waals surface area (Å²) >= 11 is 0. The van der Waals surface area contributed by atoms with Gasteiger partial charge in [0.15, 0.2) is 0 Å². The SMILES string of the molecule is OCc1nc2ccccc2n1CCCC(F)(F)F. The van der Waals surface area contributed by atoms with Gasteiger partial charge in [0, 0.05) is 13.0 Å². The zero-order valence-corrected chi connectivity index (χ0v) is 9.61. The van der Waals surface area contributed by atoms with Gasteiger partial charge < -0.3 is 9.67 Å². The molecule has 2 rings (SSSR count). The zero-order valence-electron chi connectivity index (χ0n) is 9.61. The number of aryl methyl sites for hydroxylation is 1. The number of aromatic nitrogens is 2. The predicted molar refractivity (Wildman–Crippen MR) is 60.9 cm³/mol. The molecule has 0 aliphatic carbocycles. The molecule has 98 valence electrons. The number of fused-ring (bicyclic) bond motifs is 1. The maximum atomic E-state index is 12.1. The fourth-order valence-electron chi connectivity index (χ4n) is 1.93. The number of halogens is 3. The average molecular weight is 258 g/mol. The molecule has 0 saturated carbocycles. The fraction of sp³-hybridized carbons (Fsp3) is 0.417. The van der Waals surface area contributed by atoms with Gasteiger partial charge in [0.05, 0.1) is 11.0 Å². The van der Waals surface area contributed by atoms with Gasteiger partial charge in [0.25, 0.3) is 0 Å². The van der Waals surface area contributed by atoms with Crippen LogP contribution >= 0.6 is 0 Å². The van der Waals surface area contributed by atoms with Crippen LogP contribution in [0.5, 0.6) is 0 Å². The van der Waals surface area contributed by atoms with E-state index in [1.165, 1.54) is 0 Å². The summed E-state index contributed by atoms with van der Waals surface area (Å²) in [6.45, 7) is -0.0728. The predicted octanol–water partition coefficient (Wildman–Crippen LogP) is 2.87. The Morgan fingerprint density at radius 1 is 1.22 bits per heavy atom. The van der Waals surface area contributed by atoms with Crippen LogP contribution in [-0.4, -0.2) is 20.8 Å². The van der Waals surface area contributed by atoms with Gasteiger partial charge in [-0.25, -0.2) is 4.98 Å². The van der Waals surface area contributed by atoms with Crippen LogP contribution in [0.3, 0.4) is 0 Å². The molecule has 1 aromatic heterocycles. The number of nitrogens with zero attached hydrogens (tertiary/aromatic N) is 2. The van der Waals surface area contributed by atoms with Crippen molar-refractivity contribution < 1.29 is 18.3 Å². The summed E-state index contributed by atoms with van der Waals surface area (Å²) in [4.78, 5) is 4.18. The quantitative estimate of drug-likeness (QED) is 0.915. The smallest absolute Gasteiger partial charge is 0.388 e. The van der Waals surface area contributed by atoms with E-state index in [4.69, 9.17) is 0 Å². The van der Waals surface area contributed by atoms with E-state index in [9.17, 15) is 18.3 Å². The van der Waals surface area contributed by atoms with Gasteiger partial charge in [-0.1, -0.05) is 12.1 Å². The van der Waals surface area contributed by atoms with Crippen molar-refractivity contribution in [1.29, 1.82) is 0 Å². The van der Waals surface area contributed by atoms with Crippen LogP contribution in [0.25, 0.3) is 11.0 Å². The minimum atomic E-state index is -4.14. The third-order valence-electron chi connectivity index (χ3n) is 2.72. The normalized spacial score (nSPS) is 12.2. The highest BCUT2D eigenvalue weighted by atomic mass is 19.4. The Morgan fingerprint density at radius 2 is 1.94 bits per heavy atom. The maximum Gasteiger partial charge on any atom is 0.389 e. The molecule has 1 aromatic carbocycles. The molecule has 0 spiro atoms. The molecule has 0 radical (unpaired) electrons. The number of aliphatic hydroxyl groups is 1. The van der Waals surface area contributed by atoms with Crippen molar-refractivity contribution in [2.24, 2.45) is 0 Å². The molecule has 3 nitrogen and oxygen atoms in total. The van der Waals surface area contributed by atoms with E-state index in [0.29, 0.717) is 11.3 Å². The van der Waals surface area contributed by atoms with Crippen molar-refractivity contribution in [3.05, 3.63) is 30.1 Å². The molecule has 0 bridgehead atoms. The standard InChI is InChI=1S/C12H13F3N2O/c13-12(14,15)6-3-7-17-10-5-2-1-4-9(10)16-11(17)8-18/h1-2,4-5,18H,3,6-8H2. The number of benzene rings is 1. The summed E-state index contributed by atoms with van der Waals surface area (Å²) in [7, 11) is 0. The van der Waals surface area contributed by atoms with Gasteiger partial charge in [0.1, 0.15) is 12.4 Å². The maximum absolute atomic E-state index is 12.1. The zero-order chi connectivity index (χ0) is 13.2. The van der Waals surface area contributed by atoms with Crippen molar-refractivity contribution in [1.82, 2.24) is 9.55 Å². The lowest BCUT2D eigenvalue weighted by Crippen LogP contribution is -2.10. The van der Waals surface area contributed by atoms with Gasteiger partial charge in [-0.2, -0.15) is 13.2 Å². The molecule has 0 amide bonds. The average Bonchev–Trinajstić information content (AvgIpc) is 2.66. The van der Waals surface area contributed by atoms with Crippen molar-refractivity contribution in [2.45, 2.75) is 32.2 Å². The first kappa shape index (κ1) is 12.9. The van der Waals surface area contributed by atoms with Gasteiger partial charge >= 0.3 is 6.18 Å². The first-order chi connectivity index (χ1) is 8.51. The largest absolute Gasteiger partial charge is 0.389 e. The summed E-state index contributed by atoms with van der Waals surface area (Å²) in [6.07, 6.45) is -4.99. The molecule has 0 aliphatic rings. The van der Waals surface area contributed by atoms with Gasteiger partial charge in [-0.3, -0.25) is 0 Å². The molecule has 2 aromatic rings. The van der Waals surface area contributed by atoms with Crippen molar-refractivity contribution in [3.63, 3.8) is 0 Å². The van der Waals surface area contributed by atoms with E-state index in [0.717, 1.165) is 5.52 Å². The third-order valence-corrected chi connectivity index (χ3v) is 2.72. The van der Waals surface area contributed by atoms with Crippen LogP contribution in [0.4, 0.5) is 13.2 Å². The summed E-state index contributed by atoms with van der Waals surface area (Å²) in [5.41, 5.74) is 1.44. The topological polar surface area (TPSA) is 38.1 Å². The van der Waals surface area contributed by atoms with E-state index in [-0.39, 0.29) is 19.6 Å². The Bertz CT molecular complexity index is 534. The second kappa shape index (κ2) is 4.97. The van der Waals surface area contributed by atoms with E-state index in [2.05, 4.69) is 4.98 Å². The van der Waals surface area contributed by atoms with E-state index >= 15 is 0 Å². The molecule has 0 atom stereocenters. The molecule has 0 aliphatic heterocycles. The molecule has 18 heavy (non-hydrogen) atoms. The minimum absolute atomic E-state index is 0.0170. The van der Waals surface area contributed by atoms with Crippen molar-refractivity contribution in [2.75, 3.05) is 0 Å². The fourth-order valence-corrected chi connectivity index (χ4v) is 1.93.